The number of anilines is 1. The summed E-state index contributed by atoms with van der Waals surface area (Å²) < 4.78 is 5.49. The number of ether oxygens (including phenoxy) is 1. The van der Waals surface area contributed by atoms with Crippen LogP contribution in [0, 0.1) is 11.3 Å². The summed E-state index contributed by atoms with van der Waals surface area (Å²) in [7, 11) is 0. The summed E-state index contributed by atoms with van der Waals surface area (Å²) in [5.41, 5.74) is 2.80. The Hall–Kier alpha value is -2.98. The number of aromatic nitrogens is 2. The van der Waals surface area contributed by atoms with Crippen molar-refractivity contribution < 1.29 is 9.53 Å². The van der Waals surface area contributed by atoms with E-state index in [1.807, 2.05) is 32.0 Å². The van der Waals surface area contributed by atoms with Gasteiger partial charge in [-0.3, -0.25) is 4.79 Å². The highest BCUT2D eigenvalue weighted by Gasteiger charge is 2.17. The first-order valence-electron chi connectivity index (χ1n) is 8.19. The number of hydrogen-bond acceptors (Lipinski definition) is 5. The maximum Gasteiger partial charge on any atom is 0.237 e. The van der Waals surface area contributed by atoms with Crippen LogP contribution in [0.25, 0.3) is 11.0 Å². The van der Waals surface area contributed by atoms with Crippen molar-refractivity contribution in [3.05, 3.63) is 48.0 Å². The summed E-state index contributed by atoms with van der Waals surface area (Å²) in [5.74, 6) is 0.629. The van der Waals surface area contributed by atoms with Gasteiger partial charge in [0.05, 0.1) is 34.5 Å². The molecule has 2 aromatic carbocycles. The first-order valence-corrected chi connectivity index (χ1v) is 9.07. The zero-order valence-electron chi connectivity index (χ0n) is 14.4. The molecule has 1 atom stereocenters. The Kier molecular flexibility index (Phi) is 5.44. The van der Waals surface area contributed by atoms with Gasteiger partial charge >= 0.3 is 0 Å². The number of carbonyl (C=O) groups is 1. The van der Waals surface area contributed by atoms with E-state index in [2.05, 4.69) is 21.4 Å². The van der Waals surface area contributed by atoms with Crippen LogP contribution in [-0.4, -0.2) is 27.7 Å². The third-order valence-corrected chi connectivity index (χ3v) is 4.64. The van der Waals surface area contributed by atoms with Gasteiger partial charge in [0.2, 0.25) is 5.91 Å². The smallest absolute Gasteiger partial charge is 0.237 e. The predicted octanol–water partition coefficient (Wildman–Crippen LogP) is 3.95. The van der Waals surface area contributed by atoms with Crippen LogP contribution >= 0.6 is 11.8 Å². The van der Waals surface area contributed by atoms with E-state index in [0.717, 1.165) is 16.8 Å². The Morgan fingerprint density at radius 2 is 2.23 bits per heavy atom. The number of thioether (sulfide) groups is 1. The Morgan fingerprint density at radius 1 is 1.38 bits per heavy atom. The molecule has 3 rings (SSSR count). The first-order chi connectivity index (χ1) is 12.6. The number of rotatable bonds is 6. The van der Waals surface area contributed by atoms with Gasteiger partial charge in [0.25, 0.3) is 0 Å². The second-order valence-electron chi connectivity index (χ2n) is 5.60. The molecule has 3 aromatic rings. The minimum absolute atomic E-state index is 0.152. The molecule has 0 saturated carbocycles. The third kappa shape index (κ3) is 4.16. The van der Waals surface area contributed by atoms with Crippen LogP contribution in [0.2, 0.25) is 0 Å². The molecule has 6 nitrogen and oxygen atoms in total. The highest BCUT2D eigenvalue weighted by molar-refractivity contribution is 8.00. The zero-order chi connectivity index (χ0) is 18.5. The molecule has 0 bridgehead atoms. The van der Waals surface area contributed by atoms with Crippen LogP contribution in [0.15, 0.2) is 47.6 Å². The number of nitrogens with zero attached hydrogens (tertiary/aromatic N) is 2. The Balaban J connectivity index is 1.68. The van der Waals surface area contributed by atoms with Gasteiger partial charge in [0, 0.05) is 11.8 Å². The molecule has 1 heterocycles. The quantitative estimate of drug-likeness (QED) is 0.645. The molecule has 1 amide bonds. The summed E-state index contributed by atoms with van der Waals surface area (Å²) in [5, 5.41) is 12.1. The summed E-state index contributed by atoms with van der Waals surface area (Å²) in [6, 6.07) is 14.5. The van der Waals surface area contributed by atoms with Crippen molar-refractivity contribution in [1.29, 1.82) is 5.26 Å². The first kappa shape index (κ1) is 17.8. The molecule has 0 aliphatic carbocycles. The van der Waals surface area contributed by atoms with Crippen LogP contribution < -0.4 is 10.1 Å². The predicted molar refractivity (Wildman–Crippen MR) is 102 cm³/mol. The van der Waals surface area contributed by atoms with Crippen LogP contribution in [-0.2, 0) is 4.79 Å². The lowest BCUT2D eigenvalue weighted by Gasteiger charge is -2.10. The zero-order valence-corrected chi connectivity index (χ0v) is 15.3. The minimum Gasteiger partial charge on any atom is -0.494 e. The van der Waals surface area contributed by atoms with E-state index in [9.17, 15) is 4.79 Å². The number of aromatic amines is 1. The van der Waals surface area contributed by atoms with E-state index in [-0.39, 0.29) is 11.2 Å². The maximum absolute atomic E-state index is 12.4. The summed E-state index contributed by atoms with van der Waals surface area (Å²) in [4.78, 5) is 20.1. The number of nitriles is 1. The van der Waals surface area contributed by atoms with Gasteiger partial charge in [-0.2, -0.15) is 5.26 Å². The maximum atomic E-state index is 12.4. The lowest BCUT2D eigenvalue weighted by molar-refractivity contribution is -0.115. The van der Waals surface area contributed by atoms with E-state index in [4.69, 9.17) is 10.00 Å². The van der Waals surface area contributed by atoms with Gasteiger partial charge in [0.1, 0.15) is 5.75 Å². The van der Waals surface area contributed by atoms with Crippen molar-refractivity contribution in [2.24, 2.45) is 0 Å². The summed E-state index contributed by atoms with van der Waals surface area (Å²) in [6.07, 6.45) is 0. The minimum atomic E-state index is -0.354. The molecule has 0 spiro atoms. The third-order valence-electron chi connectivity index (χ3n) is 3.66. The van der Waals surface area contributed by atoms with Gasteiger partial charge in [-0.05, 0) is 44.2 Å². The lowest BCUT2D eigenvalue weighted by Crippen LogP contribution is -2.22. The molecule has 0 fully saturated rings. The van der Waals surface area contributed by atoms with Crippen molar-refractivity contribution in [1.82, 2.24) is 9.97 Å². The van der Waals surface area contributed by atoms with E-state index in [1.54, 1.807) is 24.3 Å². The molecule has 132 valence electrons. The second kappa shape index (κ2) is 7.93. The number of imidazole rings is 1. The molecular formula is C19H18N4O2S. The Morgan fingerprint density at radius 3 is 3.00 bits per heavy atom. The monoisotopic (exact) mass is 366 g/mol. The number of fused-ring (bicyclic) bond motifs is 1. The molecule has 7 heteroatoms. The number of nitrogens with one attached hydrogen (secondary N) is 2. The average molecular weight is 366 g/mol. The van der Waals surface area contributed by atoms with Crippen LogP contribution in [0.5, 0.6) is 5.75 Å². The van der Waals surface area contributed by atoms with Gasteiger partial charge < -0.3 is 15.0 Å². The van der Waals surface area contributed by atoms with E-state index in [0.29, 0.717) is 23.0 Å². The van der Waals surface area contributed by atoms with Crippen LogP contribution in [0.3, 0.4) is 0 Å². The number of H-pyrrole nitrogens is 1. The molecule has 0 aliphatic rings. The van der Waals surface area contributed by atoms with E-state index >= 15 is 0 Å². The largest absolute Gasteiger partial charge is 0.494 e. The van der Waals surface area contributed by atoms with Crippen LogP contribution in [0.1, 0.15) is 19.4 Å². The topological polar surface area (TPSA) is 90.8 Å². The van der Waals surface area contributed by atoms with E-state index in [1.165, 1.54) is 11.8 Å². The lowest BCUT2D eigenvalue weighted by atomic mass is 10.2. The number of benzene rings is 2. The number of hydrogen-bond donors (Lipinski definition) is 2. The average Bonchev–Trinajstić information content (AvgIpc) is 3.03. The van der Waals surface area contributed by atoms with Gasteiger partial charge in [-0.15, -0.1) is 0 Å². The molecule has 1 aromatic heterocycles. The van der Waals surface area contributed by atoms with Gasteiger partial charge in [0.15, 0.2) is 5.16 Å². The molecule has 0 radical (unpaired) electrons. The van der Waals surface area contributed by atoms with Crippen molar-refractivity contribution in [2.45, 2.75) is 24.3 Å². The molecule has 26 heavy (non-hydrogen) atoms. The Bertz CT molecular complexity index is 977. The normalized spacial score (nSPS) is 11.7. The fourth-order valence-electron chi connectivity index (χ4n) is 2.41. The van der Waals surface area contributed by atoms with Gasteiger partial charge in [-0.1, -0.05) is 17.8 Å². The standard InChI is InChI=1S/C19H18N4O2S/c1-3-25-15-7-8-16-17(10-15)23-19(22-16)26-12(2)18(24)21-14-6-4-5-13(9-14)11-20/h4-10,12H,3H2,1-2H3,(H,21,24)(H,22,23)/t12-/m0/s1. The highest BCUT2D eigenvalue weighted by atomic mass is 32.2. The SMILES string of the molecule is CCOc1ccc2nc(S[C@@H](C)C(=O)Nc3cccc(C#N)c3)[nH]c2c1. The van der Waals surface area contributed by atoms with Gasteiger partial charge in [-0.25, -0.2) is 4.98 Å². The summed E-state index contributed by atoms with van der Waals surface area (Å²) in [6.45, 7) is 4.35. The fraction of sp³-hybridized carbons (Fsp3) is 0.211. The fourth-order valence-corrected chi connectivity index (χ4v) is 3.23. The Labute approximate surface area is 155 Å². The second-order valence-corrected chi connectivity index (χ2v) is 6.93. The van der Waals surface area contributed by atoms with Crippen molar-refractivity contribution in [2.75, 3.05) is 11.9 Å². The van der Waals surface area contributed by atoms with Crippen molar-refractivity contribution >= 4 is 34.4 Å². The van der Waals surface area contributed by atoms with E-state index < -0.39 is 0 Å². The molecule has 0 saturated heterocycles. The molecular weight excluding hydrogens is 348 g/mol. The highest BCUT2D eigenvalue weighted by Crippen LogP contribution is 2.26. The number of carbonyl (C=O) groups excluding carboxylic acids is 1. The van der Waals surface area contributed by atoms with Crippen molar-refractivity contribution in [3.63, 3.8) is 0 Å². The van der Waals surface area contributed by atoms with Crippen LogP contribution in [0.4, 0.5) is 5.69 Å². The molecule has 0 unspecified atom stereocenters. The molecule has 0 aliphatic heterocycles. The summed E-state index contributed by atoms with van der Waals surface area (Å²) >= 11 is 1.34. The molecule has 2 N–H and O–H groups in total. The number of amides is 1. The van der Waals surface area contributed by atoms with Crippen molar-refractivity contribution in [3.8, 4) is 11.8 Å².